The quantitative estimate of drug-likeness (QED) is 0.120. The highest BCUT2D eigenvalue weighted by Crippen LogP contribution is 2.61. The molecular formula is C105H80BN3. The highest BCUT2D eigenvalue weighted by atomic mass is 15.2. The summed E-state index contributed by atoms with van der Waals surface area (Å²) in [5.74, 6) is 0. The number of hydrogen-bond donors (Lipinski definition) is 0. The first-order chi connectivity index (χ1) is 56.7. The highest BCUT2D eigenvalue weighted by Gasteiger charge is 2.50. The summed E-state index contributed by atoms with van der Waals surface area (Å²) < 4.78 is 77.8. The van der Waals surface area contributed by atoms with Gasteiger partial charge in [-0.2, -0.15) is 0 Å². The molecule has 0 saturated heterocycles. The van der Waals surface area contributed by atoms with Gasteiger partial charge in [0.1, 0.15) is 0 Å². The van der Waals surface area contributed by atoms with Gasteiger partial charge in [0.15, 0.2) is 0 Å². The van der Waals surface area contributed by atoms with Crippen LogP contribution in [0, 0.1) is 0 Å². The highest BCUT2D eigenvalue weighted by molar-refractivity contribution is 7.00. The van der Waals surface area contributed by atoms with Crippen molar-refractivity contribution < 1.29 is 11.0 Å². The Bertz CT molecular complexity index is 6820. The second kappa shape index (κ2) is 25.6. The van der Waals surface area contributed by atoms with Gasteiger partial charge in [-0.25, -0.2) is 0 Å². The van der Waals surface area contributed by atoms with Gasteiger partial charge in [0, 0.05) is 55.9 Å². The average Bonchev–Trinajstić information content (AvgIpc) is 1.20. The van der Waals surface area contributed by atoms with Gasteiger partial charge in [0.25, 0.3) is 6.71 Å². The van der Waals surface area contributed by atoms with Crippen molar-refractivity contribution in [3.8, 4) is 83.6 Å². The minimum absolute atomic E-state index is 0.00745. The van der Waals surface area contributed by atoms with E-state index in [1.54, 1.807) is 4.57 Å². The third kappa shape index (κ3) is 10.6. The molecule has 1 atom stereocenters. The monoisotopic (exact) mass is 1400 g/mol. The summed E-state index contributed by atoms with van der Waals surface area (Å²) in [6.07, 6.45) is 0. The summed E-state index contributed by atoms with van der Waals surface area (Å²) in [4.78, 5) is 5.03. The number of hydrogen-bond acceptors (Lipinski definition) is 2. The first-order valence-corrected chi connectivity index (χ1v) is 37.8. The lowest BCUT2D eigenvalue weighted by molar-refractivity contribution is 0.590. The lowest BCUT2D eigenvalue weighted by Crippen LogP contribution is -2.61. The van der Waals surface area contributed by atoms with Crippen molar-refractivity contribution >= 4 is 79.0 Å². The second-order valence-corrected chi connectivity index (χ2v) is 31.3. The molecule has 17 aromatic rings. The fourth-order valence-electron chi connectivity index (χ4n) is 17.9. The first kappa shape index (κ1) is 57.3. The number of para-hydroxylation sites is 3. The number of rotatable bonds is 11. The van der Waals surface area contributed by atoms with Crippen LogP contribution in [0.1, 0.15) is 85.9 Å². The fraction of sp³-hybridized carbons (Fsp3) is 0.0857. The van der Waals surface area contributed by atoms with Crippen molar-refractivity contribution in [2.24, 2.45) is 0 Å². The smallest absolute Gasteiger partial charge is 0.252 e. The van der Waals surface area contributed by atoms with Crippen LogP contribution in [-0.2, 0) is 16.2 Å². The average molecular weight is 1400 g/mol. The van der Waals surface area contributed by atoms with E-state index in [1.807, 2.05) is 6.07 Å². The Labute approximate surface area is 651 Å². The third-order valence-corrected chi connectivity index (χ3v) is 23.0. The number of anilines is 6. The van der Waals surface area contributed by atoms with Crippen LogP contribution in [0.2, 0.25) is 0 Å². The Morgan fingerprint density at radius 1 is 0.303 bits per heavy atom. The van der Waals surface area contributed by atoms with E-state index >= 15 is 0 Å². The third-order valence-electron chi connectivity index (χ3n) is 23.0. The van der Waals surface area contributed by atoms with E-state index in [0.717, 1.165) is 151 Å². The molecule has 3 heterocycles. The SMILES string of the molecule is [2H]c1c([2H])c([2H])c2c(c1[2H])c1c([2H])c([2H])c([2H])c([2H])c1n2-c1ccc2c(c1)N(c1ccc(C(C)(C)C)cc1-c1ccccc1)c1cc(-c3cccc4c3C(c3ccccc3)(c3cccc(-c5ccccc5)c3)c3ccccc3-4)cc3c1B2c1ccc(-c2cccc(C(C)(C)C)c2)cc1N3c1c(-c2ccccc2)cccc1-c1ccccc1. The molecule has 3 nitrogen and oxygen atoms in total. The zero-order valence-electron chi connectivity index (χ0n) is 69.6. The standard InChI is InChI=1S/C105H80BN3/c1-103(2,3)78-44-28-41-74(62-78)75-56-59-91-96(64-75)109(102-83(70-34-14-8-15-35-70)50-31-51-84(102)71-36-16-9-17-37-71)99-66-76(82-49-30-52-88-85-46-22-25-53-90(85)105(100(82)88,77-42-20-11-21-43-77)80-45-29-40-73(63-80)69-32-12-7-13-33-69)65-98-101(99)106(91)92-60-58-81(107-93-54-26-23-47-86(93)87-48-24-27-55-94(87)107)68-97(92)108(98)95-61-57-79(104(4,5)6)67-89(95)72-38-18-10-19-39-72/h7-68H,1-6H3/i23D,24D,26D,27D,47D,48D,54D,55D. The molecule has 0 N–H and O–H groups in total. The maximum absolute atomic E-state index is 9.92. The van der Waals surface area contributed by atoms with Gasteiger partial charge < -0.3 is 14.4 Å². The van der Waals surface area contributed by atoms with Crippen molar-refractivity contribution in [2.45, 2.75) is 57.8 Å². The Hall–Kier alpha value is -13.0. The predicted octanol–water partition coefficient (Wildman–Crippen LogP) is 25.8. The van der Waals surface area contributed by atoms with Gasteiger partial charge in [0.2, 0.25) is 0 Å². The first-order valence-electron chi connectivity index (χ1n) is 41.8. The van der Waals surface area contributed by atoms with Crippen LogP contribution >= 0.6 is 0 Å². The fourth-order valence-corrected chi connectivity index (χ4v) is 17.9. The van der Waals surface area contributed by atoms with Gasteiger partial charge >= 0.3 is 0 Å². The molecule has 0 bridgehead atoms. The largest absolute Gasteiger partial charge is 0.311 e. The van der Waals surface area contributed by atoms with Crippen molar-refractivity contribution in [3.05, 3.63) is 409 Å². The minimum Gasteiger partial charge on any atom is -0.311 e. The summed E-state index contributed by atoms with van der Waals surface area (Å²) >= 11 is 0. The van der Waals surface area contributed by atoms with Crippen LogP contribution in [0.5, 0.6) is 0 Å². The van der Waals surface area contributed by atoms with E-state index in [-0.39, 0.29) is 44.7 Å². The normalized spacial score (nSPS) is 15.2. The van der Waals surface area contributed by atoms with Crippen molar-refractivity contribution in [3.63, 3.8) is 0 Å². The number of aromatic nitrogens is 1. The van der Waals surface area contributed by atoms with Crippen LogP contribution in [0.15, 0.2) is 376 Å². The van der Waals surface area contributed by atoms with Crippen molar-refractivity contribution in [1.82, 2.24) is 4.57 Å². The molecule has 1 unspecified atom stereocenters. The Balaban J connectivity index is 0.990. The van der Waals surface area contributed by atoms with Gasteiger partial charge in [0.05, 0.1) is 38.8 Å². The van der Waals surface area contributed by atoms with E-state index in [4.69, 9.17) is 2.74 Å². The maximum atomic E-state index is 9.92. The number of benzene rings is 16. The molecular weight excluding hydrogens is 1310 g/mol. The molecule has 3 aliphatic rings. The molecule has 518 valence electrons. The van der Waals surface area contributed by atoms with Crippen LogP contribution in [0.25, 0.3) is 105 Å². The minimum atomic E-state index is -0.912. The van der Waals surface area contributed by atoms with Crippen LogP contribution in [-0.4, -0.2) is 11.3 Å². The maximum Gasteiger partial charge on any atom is 0.252 e. The summed E-state index contributed by atoms with van der Waals surface area (Å²) in [6.45, 7) is 13.0. The molecule has 1 aliphatic carbocycles. The summed E-state index contributed by atoms with van der Waals surface area (Å²) in [7, 11) is 0. The molecule has 0 fully saturated rings. The molecule has 1 aromatic heterocycles. The predicted molar refractivity (Wildman–Crippen MR) is 462 cm³/mol. The number of nitrogens with zero attached hydrogens (tertiary/aromatic N) is 3. The van der Waals surface area contributed by atoms with E-state index in [0.29, 0.717) is 5.69 Å². The lowest BCUT2D eigenvalue weighted by atomic mass is 9.33. The molecule has 109 heavy (non-hydrogen) atoms. The van der Waals surface area contributed by atoms with E-state index in [2.05, 4.69) is 373 Å². The molecule has 20 rings (SSSR count). The zero-order chi connectivity index (χ0) is 80.2. The number of fused-ring (bicyclic) bond motifs is 10. The van der Waals surface area contributed by atoms with E-state index in [9.17, 15) is 8.22 Å². The lowest BCUT2D eigenvalue weighted by Gasteiger charge is -2.46. The van der Waals surface area contributed by atoms with Gasteiger partial charge in [-0.15, -0.1) is 0 Å². The van der Waals surface area contributed by atoms with Crippen LogP contribution in [0.4, 0.5) is 34.1 Å². The molecule has 0 amide bonds. The molecule has 16 aromatic carbocycles. The van der Waals surface area contributed by atoms with Crippen molar-refractivity contribution in [1.29, 1.82) is 0 Å². The Morgan fingerprint density at radius 3 is 1.39 bits per heavy atom. The molecule has 4 heteroatoms. The Kier molecular flexibility index (Phi) is 13.5. The van der Waals surface area contributed by atoms with E-state index < -0.39 is 48.4 Å². The van der Waals surface area contributed by atoms with E-state index in [1.165, 1.54) is 11.1 Å². The zero-order valence-corrected chi connectivity index (χ0v) is 61.6. The van der Waals surface area contributed by atoms with Gasteiger partial charge in [-0.05, 0) is 182 Å². The topological polar surface area (TPSA) is 11.4 Å². The molecule has 0 radical (unpaired) electrons. The van der Waals surface area contributed by atoms with Gasteiger partial charge in [-0.3, -0.25) is 0 Å². The van der Waals surface area contributed by atoms with Crippen LogP contribution < -0.4 is 26.2 Å². The van der Waals surface area contributed by atoms with Crippen molar-refractivity contribution in [2.75, 3.05) is 9.80 Å². The summed E-state index contributed by atoms with van der Waals surface area (Å²) in [5, 5.41) is 0.0149. The van der Waals surface area contributed by atoms with Crippen LogP contribution in [0.3, 0.4) is 0 Å². The molecule has 0 spiro atoms. The summed E-state index contributed by atoms with van der Waals surface area (Å²) in [5.41, 5.74) is 29.1. The molecule has 0 saturated carbocycles. The Morgan fingerprint density at radius 2 is 0.761 bits per heavy atom. The molecule has 2 aliphatic heterocycles. The summed E-state index contributed by atoms with van der Waals surface area (Å²) in [6, 6.07) is 116. The second-order valence-electron chi connectivity index (χ2n) is 31.3. The van der Waals surface area contributed by atoms with Gasteiger partial charge in [-0.1, -0.05) is 357 Å².